The molecule has 0 aromatic heterocycles. The highest BCUT2D eigenvalue weighted by Gasteiger charge is 2.35. The third-order valence-electron chi connectivity index (χ3n) is 7.33. The van der Waals surface area contributed by atoms with Gasteiger partial charge in [0, 0.05) is 39.6 Å². The first kappa shape index (κ1) is 36.6. The second-order valence-electron chi connectivity index (χ2n) is 11.6. The number of sulfonamides is 1. The summed E-state index contributed by atoms with van der Waals surface area (Å²) in [5.74, 6) is -0.892. The number of anilines is 1. The zero-order valence-corrected chi connectivity index (χ0v) is 29.9. The van der Waals surface area contributed by atoms with E-state index in [-0.39, 0.29) is 45.4 Å². The predicted molar refractivity (Wildman–Crippen MR) is 191 cm³/mol. The molecule has 0 spiro atoms. The highest BCUT2D eigenvalue weighted by atomic mass is 35.5. The Morgan fingerprint density at radius 2 is 1.45 bits per heavy atom. The number of hydrogen-bond acceptors (Lipinski definition) is 4. The highest BCUT2D eigenvalue weighted by molar-refractivity contribution is 7.92. The van der Waals surface area contributed by atoms with Crippen LogP contribution in [0, 0.1) is 12.8 Å². The maximum Gasteiger partial charge on any atom is 0.264 e. The van der Waals surface area contributed by atoms with E-state index in [4.69, 9.17) is 46.4 Å². The van der Waals surface area contributed by atoms with E-state index in [9.17, 15) is 18.0 Å². The summed E-state index contributed by atoms with van der Waals surface area (Å²) in [6.07, 6.45) is 0.162. The van der Waals surface area contributed by atoms with Crippen molar-refractivity contribution >= 4 is 73.9 Å². The van der Waals surface area contributed by atoms with Crippen LogP contribution in [0.15, 0.2) is 95.9 Å². The average Bonchev–Trinajstić information content (AvgIpc) is 3.01. The number of nitrogens with one attached hydrogen (secondary N) is 1. The largest absolute Gasteiger partial charge is 0.354 e. The van der Waals surface area contributed by atoms with E-state index in [1.807, 2.05) is 51.1 Å². The molecule has 1 atom stereocenters. The summed E-state index contributed by atoms with van der Waals surface area (Å²) in [6, 6.07) is 23.7. The van der Waals surface area contributed by atoms with Gasteiger partial charge in [-0.15, -0.1) is 0 Å². The Balaban J connectivity index is 1.84. The molecule has 47 heavy (non-hydrogen) atoms. The van der Waals surface area contributed by atoms with Crippen LogP contribution in [-0.4, -0.2) is 44.3 Å². The number of rotatable bonds is 13. The van der Waals surface area contributed by atoms with E-state index in [0.717, 1.165) is 15.4 Å². The molecule has 0 saturated carbocycles. The number of amides is 2. The third-order valence-corrected chi connectivity index (χ3v) is 10.1. The highest BCUT2D eigenvalue weighted by Crippen LogP contribution is 2.31. The topological polar surface area (TPSA) is 86.8 Å². The molecule has 7 nitrogen and oxygen atoms in total. The van der Waals surface area contributed by atoms with E-state index in [2.05, 4.69) is 5.32 Å². The molecule has 0 radical (unpaired) electrons. The third kappa shape index (κ3) is 9.87. The molecule has 4 rings (SSSR count). The summed E-state index contributed by atoms with van der Waals surface area (Å²) in [4.78, 5) is 29.8. The minimum Gasteiger partial charge on any atom is -0.354 e. The number of hydrogen-bond donors (Lipinski definition) is 1. The van der Waals surface area contributed by atoms with Crippen molar-refractivity contribution in [1.29, 1.82) is 0 Å². The van der Waals surface area contributed by atoms with Gasteiger partial charge in [-0.1, -0.05) is 114 Å². The summed E-state index contributed by atoms with van der Waals surface area (Å²) in [5, 5.41) is 4.02. The SMILES string of the molecule is Cc1ccc(S(=O)(=O)N(CC(=O)N(Cc2ccc(Cl)cc2Cl)[C@H](Cc2ccccc2)C(=O)NCC(C)C)c2cc(Cl)cc(Cl)c2)cc1. The standard InChI is InChI=1S/C35H35Cl4N3O4S/c1-23(2)20-40-35(44)33(15-25-7-5-4-6-8-25)41(21-26-11-12-27(36)19-32(26)39)34(43)22-42(30-17-28(37)16-29(38)18-30)47(45,46)31-13-9-24(3)10-14-31/h4-14,16-19,23,33H,15,20-22H2,1-3H3,(H,40,44)/t33-/m1/s1. The van der Waals surface area contributed by atoms with Gasteiger partial charge in [-0.05, 0) is 66.4 Å². The van der Waals surface area contributed by atoms with E-state index in [1.165, 1.54) is 35.2 Å². The van der Waals surface area contributed by atoms with Crippen LogP contribution in [-0.2, 0) is 32.6 Å². The fourth-order valence-corrected chi connectivity index (χ4v) is 7.24. The Kier molecular flexibility index (Phi) is 12.6. The quantitative estimate of drug-likeness (QED) is 0.150. The molecular formula is C35H35Cl4N3O4S. The van der Waals surface area contributed by atoms with Gasteiger partial charge in [-0.2, -0.15) is 0 Å². The van der Waals surface area contributed by atoms with Crippen molar-refractivity contribution in [3.05, 3.63) is 128 Å². The Labute approximate surface area is 296 Å². The van der Waals surface area contributed by atoms with Crippen molar-refractivity contribution in [1.82, 2.24) is 10.2 Å². The molecule has 1 N–H and O–H groups in total. The minimum atomic E-state index is -4.32. The number of aryl methyl sites for hydroxylation is 1. The van der Waals surface area contributed by atoms with Crippen molar-refractivity contribution < 1.29 is 18.0 Å². The lowest BCUT2D eigenvalue weighted by molar-refractivity contribution is -0.140. The zero-order valence-electron chi connectivity index (χ0n) is 26.1. The van der Waals surface area contributed by atoms with Crippen molar-refractivity contribution in [3.8, 4) is 0 Å². The molecule has 12 heteroatoms. The molecule has 0 aliphatic carbocycles. The Bertz CT molecular complexity index is 1800. The smallest absolute Gasteiger partial charge is 0.264 e. The molecule has 0 aliphatic heterocycles. The van der Waals surface area contributed by atoms with Crippen LogP contribution in [0.4, 0.5) is 5.69 Å². The minimum absolute atomic E-state index is 0.0326. The fourth-order valence-electron chi connectivity index (χ4n) is 4.86. The van der Waals surface area contributed by atoms with Crippen LogP contribution in [0.3, 0.4) is 0 Å². The van der Waals surface area contributed by atoms with Crippen LogP contribution < -0.4 is 9.62 Å². The van der Waals surface area contributed by atoms with E-state index >= 15 is 0 Å². The van der Waals surface area contributed by atoms with Crippen LogP contribution in [0.2, 0.25) is 20.1 Å². The predicted octanol–water partition coefficient (Wildman–Crippen LogP) is 8.22. The molecule has 0 heterocycles. The first-order valence-electron chi connectivity index (χ1n) is 14.8. The summed E-state index contributed by atoms with van der Waals surface area (Å²) in [6.45, 7) is 5.38. The normalized spacial score (nSPS) is 12.1. The molecular weight excluding hydrogens is 700 g/mol. The van der Waals surface area contributed by atoms with Crippen LogP contribution in [0.1, 0.15) is 30.5 Å². The van der Waals surface area contributed by atoms with Crippen molar-refractivity contribution in [2.75, 3.05) is 17.4 Å². The van der Waals surface area contributed by atoms with Crippen molar-refractivity contribution in [2.24, 2.45) is 5.92 Å². The molecule has 0 bridgehead atoms. The van der Waals surface area contributed by atoms with Gasteiger partial charge in [0.05, 0.1) is 10.6 Å². The maximum absolute atomic E-state index is 14.6. The molecule has 0 fully saturated rings. The second kappa shape index (κ2) is 16.2. The number of halogens is 4. The molecule has 0 saturated heterocycles. The first-order chi connectivity index (χ1) is 22.2. The van der Waals surface area contributed by atoms with Crippen LogP contribution in [0.25, 0.3) is 0 Å². The Hall–Kier alpha value is -3.27. The molecule has 4 aromatic rings. The molecule has 0 unspecified atom stereocenters. The maximum atomic E-state index is 14.6. The molecule has 248 valence electrons. The Morgan fingerprint density at radius 1 is 0.809 bits per heavy atom. The summed E-state index contributed by atoms with van der Waals surface area (Å²) < 4.78 is 29.4. The lowest BCUT2D eigenvalue weighted by Crippen LogP contribution is -2.53. The Morgan fingerprint density at radius 3 is 2.04 bits per heavy atom. The van der Waals surface area contributed by atoms with Gasteiger partial charge in [-0.25, -0.2) is 8.42 Å². The van der Waals surface area contributed by atoms with Crippen molar-refractivity contribution in [2.45, 2.75) is 44.7 Å². The zero-order chi connectivity index (χ0) is 34.3. The number of carbonyl (C=O) groups is 2. The van der Waals surface area contributed by atoms with Gasteiger partial charge in [0.25, 0.3) is 10.0 Å². The monoisotopic (exact) mass is 733 g/mol. The fraction of sp³-hybridized carbons (Fsp3) is 0.257. The summed E-state index contributed by atoms with van der Waals surface area (Å²) in [5.41, 5.74) is 2.28. The number of carbonyl (C=O) groups excluding carboxylic acids is 2. The van der Waals surface area contributed by atoms with Gasteiger partial charge in [0.2, 0.25) is 11.8 Å². The van der Waals surface area contributed by atoms with Gasteiger partial charge >= 0.3 is 0 Å². The average molecular weight is 736 g/mol. The summed E-state index contributed by atoms with van der Waals surface area (Å²) in [7, 11) is -4.32. The lowest BCUT2D eigenvalue weighted by Gasteiger charge is -2.34. The number of nitrogens with zero attached hydrogens (tertiary/aromatic N) is 2. The summed E-state index contributed by atoms with van der Waals surface area (Å²) >= 11 is 25.4. The molecule has 0 aliphatic rings. The molecule has 2 amide bonds. The van der Waals surface area contributed by atoms with Crippen LogP contribution >= 0.6 is 46.4 Å². The van der Waals surface area contributed by atoms with E-state index < -0.39 is 28.5 Å². The first-order valence-corrected chi connectivity index (χ1v) is 17.8. The van der Waals surface area contributed by atoms with E-state index in [0.29, 0.717) is 22.2 Å². The van der Waals surface area contributed by atoms with Gasteiger partial charge in [0.15, 0.2) is 0 Å². The molecule has 4 aromatic carbocycles. The second-order valence-corrected chi connectivity index (χ2v) is 15.1. The van der Waals surface area contributed by atoms with Crippen molar-refractivity contribution in [3.63, 3.8) is 0 Å². The number of benzene rings is 4. The van der Waals surface area contributed by atoms with Crippen LogP contribution in [0.5, 0.6) is 0 Å². The van der Waals surface area contributed by atoms with Gasteiger partial charge in [0.1, 0.15) is 12.6 Å². The van der Waals surface area contributed by atoms with Gasteiger partial charge < -0.3 is 10.2 Å². The van der Waals surface area contributed by atoms with Gasteiger partial charge in [-0.3, -0.25) is 13.9 Å². The van der Waals surface area contributed by atoms with E-state index in [1.54, 1.807) is 30.3 Å². The lowest BCUT2D eigenvalue weighted by atomic mass is 10.0.